The van der Waals surface area contributed by atoms with Crippen LogP contribution in [0.3, 0.4) is 0 Å². The summed E-state index contributed by atoms with van der Waals surface area (Å²) in [5.74, 6) is 0.512. The van der Waals surface area contributed by atoms with Gasteiger partial charge in [0, 0.05) is 32.8 Å². The molecule has 2 N–H and O–H groups in total. The van der Waals surface area contributed by atoms with Gasteiger partial charge in [-0.3, -0.25) is 4.99 Å². The SMILES string of the molecule is CCCc1ccccc1-c1ccc2c3ccccc3n(-c3cccc(C(N)=NCc4ccc5c(c4)oc4ccccc45)c3)c2c1C. The molecular weight excluding hydrogens is 562 g/mol. The minimum Gasteiger partial charge on any atom is -0.456 e. The number of aryl methyl sites for hydroxylation is 2. The molecule has 0 saturated heterocycles. The summed E-state index contributed by atoms with van der Waals surface area (Å²) in [6.07, 6.45) is 2.17. The van der Waals surface area contributed by atoms with Gasteiger partial charge in [0.25, 0.3) is 0 Å². The molecule has 4 nitrogen and oxygen atoms in total. The van der Waals surface area contributed by atoms with Crippen molar-refractivity contribution < 1.29 is 4.42 Å². The zero-order valence-corrected chi connectivity index (χ0v) is 26.1. The van der Waals surface area contributed by atoms with Gasteiger partial charge in [0.05, 0.1) is 17.6 Å². The Balaban J connectivity index is 1.20. The van der Waals surface area contributed by atoms with Crippen molar-refractivity contribution in [1.29, 1.82) is 0 Å². The first-order chi connectivity index (χ1) is 22.6. The van der Waals surface area contributed by atoms with Gasteiger partial charge in [-0.15, -0.1) is 0 Å². The Morgan fingerprint density at radius 2 is 1.46 bits per heavy atom. The van der Waals surface area contributed by atoms with Gasteiger partial charge in [0.2, 0.25) is 0 Å². The number of hydrogen-bond donors (Lipinski definition) is 1. The van der Waals surface area contributed by atoms with E-state index in [0.717, 1.165) is 51.6 Å². The predicted octanol–water partition coefficient (Wildman–Crippen LogP) is 10.5. The van der Waals surface area contributed by atoms with Crippen LogP contribution in [0, 0.1) is 6.92 Å². The third-order valence-electron chi connectivity index (χ3n) is 9.19. The van der Waals surface area contributed by atoms with Crippen LogP contribution in [0.2, 0.25) is 0 Å². The molecular formula is C42H35N3O. The lowest BCUT2D eigenvalue weighted by atomic mass is 9.92. The second kappa shape index (κ2) is 11.4. The summed E-state index contributed by atoms with van der Waals surface area (Å²) in [6, 6.07) is 44.9. The Hall–Kier alpha value is -5.61. The fourth-order valence-electron chi connectivity index (χ4n) is 6.99. The Labute approximate surface area is 268 Å². The number of amidine groups is 1. The molecule has 0 aliphatic rings. The molecule has 0 aliphatic heterocycles. The van der Waals surface area contributed by atoms with E-state index in [2.05, 4.69) is 122 Å². The number of nitrogens with zero attached hydrogens (tertiary/aromatic N) is 2. The van der Waals surface area contributed by atoms with Crippen LogP contribution in [0.25, 0.3) is 60.6 Å². The highest BCUT2D eigenvalue weighted by atomic mass is 16.3. The van der Waals surface area contributed by atoms with Crippen LogP contribution in [-0.2, 0) is 13.0 Å². The smallest absolute Gasteiger partial charge is 0.135 e. The highest BCUT2D eigenvalue weighted by Crippen LogP contribution is 2.39. The van der Waals surface area contributed by atoms with Gasteiger partial charge >= 0.3 is 0 Å². The lowest BCUT2D eigenvalue weighted by Crippen LogP contribution is -2.14. The van der Waals surface area contributed by atoms with Gasteiger partial charge in [0.15, 0.2) is 0 Å². The molecule has 0 spiro atoms. The number of fused-ring (bicyclic) bond motifs is 6. The molecule has 224 valence electrons. The van der Waals surface area contributed by atoms with Crippen LogP contribution in [0.15, 0.2) is 137 Å². The topological polar surface area (TPSA) is 56.5 Å². The summed E-state index contributed by atoms with van der Waals surface area (Å²) < 4.78 is 8.48. The molecule has 6 aromatic carbocycles. The number of rotatable bonds is 7. The van der Waals surface area contributed by atoms with E-state index >= 15 is 0 Å². The molecule has 2 heterocycles. The highest BCUT2D eigenvalue weighted by molar-refractivity contribution is 6.12. The molecule has 0 radical (unpaired) electrons. The van der Waals surface area contributed by atoms with E-state index in [1.807, 2.05) is 24.3 Å². The second-order valence-corrected chi connectivity index (χ2v) is 12.1. The van der Waals surface area contributed by atoms with Crippen LogP contribution in [-0.4, -0.2) is 10.4 Å². The Morgan fingerprint density at radius 1 is 0.696 bits per heavy atom. The predicted molar refractivity (Wildman–Crippen MR) is 193 cm³/mol. The number of benzene rings is 6. The first-order valence-corrected chi connectivity index (χ1v) is 16.0. The summed E-state index contributed by atoms with van der Waals surface area (Å²) >= 11 is 0. The molecule has 0 aliphatic carbocycles. The minimum atomic E-state index is 0.470. The average molecular weight is 598 g/mol. The van der Waals surface area contributed by atoms with Gasteiger partial charge in [-0.1, -0.05) is 110 Å². The first-order valence-electron chi connectivity index (χ1n) is 16.0. The van der Waals surface area contributed by atoms with E-state index in [1.54, 1.807) is 0 Å². The number of furan rings is 1. The molecule has 0 fully saturated rings. The Bertz CT molecular complexity index is 2440. The first kappa shape index (κ1) is 27.9. The van der Waals surface area contributed by atoms with E-state index in [-0.39, 0.29) is 0 Å². The van der Waals surface area contributed by atoms with E-state index in [9.17, 15) is 0 Å². The molecule has 8 aromatic rings. The molecule has 0 bridgehead atoms. The summed E-state index contributed by atoms with van der Waals surface area (Å²) in [4.78, 5) is 4.81. The van der Waals surface area contributed by atoms with E-state index in [1.165, 1.54) is 44.1 Å². The van der Waals surface area contributed by atoms with Crippen molar-refractivity contribution in [2.24, 2.45) is 10.7 Å². The van der Waals surface area contributed by atoms with Gasteiger partial charge in [-0.2, -0.15) is 0 Å². The van der Waals surface area contributed by atoms with Crippen LogP contribution in [0.1, 0.15) is 35.6 Å². The second-order valence-electron chi connectivity index (χ2n) is 12.1. The largest absolute Gasteiger partial charge is 0.456 e. The Morgan fingerprint density at radius 3 is 2.35 bits per heavy atom. The lowest BCUT2D eigenvalue weighted by Gasteiger charge is -2.15. The molecule has 0 atom stereocenters. The lowest BCUT2D eigenvalue weighted by molar-refractivity contribution is 0.668. The maximum atomic E-state index is 6.66. The Kier molecular flexibility index (Phi) is 6.91. The molecule has 0 unspecified atom stereocenters. The average Bonchev–Trinajstić information content (AvgIpc) is 3.64. The molecule has 0 amide bonds. The van der Waals surface area contributed by atoms with Crippen LogP contribution < -0.4 is 5.73 Å². The summed E-state index contributed by atoms with van der Waals surface area (Å²) in [5, 5.41) is 4.73. The third-order valence-corrected chi connectivity index (χ3v) is 9.19. The van der Waals surface area contributed by atoms with Crippen LogP contribution in [0.4, 0.5) is 0 Å². The van der Waals surface area contributed by atoms with Crippen molar-refractivity contribution in [2.75, 3.05) is 0 Å². The van der Waals surface area contributed by atoms with Gasteiger partial charge < -0.3 is 14.7 Å². The quantitative estimate of drug-likeness (QED) is 0.147. The van der Waals surface area contributed by atoms with Crippen molar-refractivity contribution in [3.8, 4) is 16.8 Å². The maximum absolute atomic E-state index is 6.66. The van der Waals surface area contributed by atoms with Crippen LogP contribution >= 0.6 is 0 Å². The van der Waals surface area contributed by atoms with Crippen molar-refractivity contribution in [2.45, 2.75) is 33.2 Å². The maximum Gasteiger partial charge on any atom is 0.135 e. The highest BCUT2D eigenvalue weighted by Gasteiger charge is 2.18. The standard InChI is InChI=1S/C42H35N3O/c1-3-11-29-12-4-5-15-33(29)32-22-23-37-34-16-6-8-18-38(34)45(41(37)27(32)2)31-14-10-13-30(25-31)42(43)44-26-28-20-21-36-35-17-7-9-19-39(35)46-40(36)24-28/h4-10,12-25H,3,11,26H2,1-2H3,(H2,43,44). The van der Waals surface area contributed by atoms with E-state index in [4.69, 9.17) is 15.1 Å². The zero-order chi connectivity index (χ0) is 31.2. The summed E-state index contributed by atoms with van der Waals surface area (Å²) in [6.45, 7) is 4.97. The van der Waals surface area contributed by atoms with Gasteiger partial charge in [0.1, 0.15) is 17.0 Å². The number of aliphatic imine (C=N–C) groups is 1. The number of para-hydroxylation sites is 2. The van der Waals surface area contributed by atoms with Gasteiger partial charge in [-0.05, 0) is 71.5 Å². The van der Waals surface area contributed by atoms with Crippen LogP contribution in [0.5, 0.6) is 0 Å². The van der Waals surface area contributed by atoms with Crippen molar-refractivity contribution in [3.63, 3.8) is 0 Å². The number of nitrogens with two attached hydrogens (primary N) is 1. The fourth-order valence-corrected chi connectivity index (χ4v) is 6.99. The fraction of sp³-hybridized carbons (Fsp3) is 0.119. The van der Waals surface area contributed by atoms with E-state index < -0.39 is 0 Å². The minimum absolute atomic E-state index is 0.470. The summed E-state index contributed by atoms with van der Waals surface area (Å²) in [5.41, 5.74) is 19.1. The number of aromatic nitrogens is 1. The molecule has 8 rings (SSSR count). The normalized spacial score (nSPS) is 12.2. The molecule has 2 aromatic heterocycles. The third kappa shape index (κ3) is 4.65. The van der Waals surface area contributed by atoms with Crippen molar-refractivity contribution in [3.05, 3.63) is 150 Å². The van der Waals surface area contributed by atoms with E-state index in [0.29, 0.717) is 12.4 Å². The monoisotopic (exact) mass is 597 g/mol. The zero-order valence-electron chi connectivity index (χ0n) is 26.1. The van der Waals surface area contributed by atoms with Crippen molar-refractivity contribution >= 4 is 49.6 Å². The van der Waals surface area contributed by atoms with Crippen molar-refractivity contribution in [1.82, 2.24) is 4.57 Å². The molecule has 46 heavy (non-hydrogen) atoms. The molecule has 4 heteroatoms. The molecule has 0 saturated carbocycles. The van der Waals surface area contributed by atoms with Gasteiger partial charge in [-0.25, -0.2) is 0 Å². The number of hydrogen-bond acceptors (Lipinski definition) is 2. The summed E-state index contributed by atoms with van der Waals surface area (Å²) in [7, 11) is 0.